The molecule has 2 aromatic heterocycles. The maximum atomic E-state index is 13.9. The van der Waals surface area contributed by atoms with Crippen LogP contribution >= 0.6 is 0 Å². The number of nitrogens with one attached hydrogen (secondary N) is 1. The van der Waals surface area contributed by atoms with Crippen LogP contribution in [0.15, 0.2) is 18.5 Å². The van der Waals surface area contributed by atoms with E-state index in [0.717, 1.165) is 37.2 Å². The van der Waals surface area contributed by atoms with Gasteiger partial charge in [-0.25, -0.2) is 9.07 Å². The molecule has 0 aliphatic carbocycles. The number of ether oxygens (including phenoxy) is 2. The minimum absolute atomic E-state index is 0.00868. The molecule has 9 nitrogen and oxygen atoms in total. The largest absolute Gasteiger partial charge is 0.381 e. The van der Waals surface area contributed by atoms with Gasteiger partial charge in [0.1, 0.15) is 17.1 Å². The molecule has 3 aliphatic heterocycles. The first-order chi connectivity index (χ1) is 15.1. The van der Waals surface area contributed by atoms with Crippen LogP contribution in [0.25, 0.3) is 0 Å². The van der Waals surface area contributed by atoms with Gasteiger partial charge in [-0.15, -0.1) is 5.10 Å². The maximum absolute atomic E-state index is 13.9. The van der Waals surface area contributed by atoms with Crippen molar-refractivity contribution >= 4 is 5.91 Å². The first kappa shape index (κ1) is 20.5. The number of amides is 1. The zero-order valence-corrected chi connectivity index (χ0v) is 17.4. The molecule has 0 bridgehead atoms. The molecule has 2 saturated heterocycles. The van der Waals surface area contributed by atoms with Crippen LogP contribution in [-0.4, -0.2) is 62.7 Å². The van der Waals surface area contributed by atoms with Crippen molar-refractivity contribution in [2.75, 3.05) is 26.3 Å². The predicted octanol–water partition coefficient (Wildman–Crippen LogP) is 1.03. The Morgan fingerprint density at radius 1 is 1.32 bits per heavy atom. The Labute approximate surface area is 179 Å². The third-order valence-electron chi connectivity index (χ3n) is 6.54. The number of rotatable bonds is 5. The minimum Gasteiger partial charge on any atom is -0.381 e. The molecule has 31 heavy (non-hydrogen) atoms. The van der Waals surface area contributed by atoms with Crippen molar-refractivity contribution in [2.45, 2.75) is 51.1 Å². The monoisotopic (exact) mass is 430 g/mol. The van der Waals surface area contributed by atoms with Crippen LogP contribution in [0.5, 0.6) is 0 Å². The fourth-order valence-electron chi connectivity index (χ4n) is 4.69. The molecule has 1 spiro atoms. The van der Waals surface area contributed by atoms with Crippen LogP contribution < -0.4 is 5.32 Å². The van der Waals surface area contributed by atoms with Gasteiger partial charge in [-0.05, 0) is 25.3 Å². The summed E-state index contributed by atoms with van der Waals surface area (Å²) < 4.78 is 27.5. The van der Waals surface area contributed by atoms with E-state index in [-0.39, 0.29) is 23.2 Å². The molecule has 5 rings (SSSR count). The summed E-state index contributed by atoms with van der Waals surface area (Å²) in [5, 5.41) is 11.6. The second-order valence-corrected chi connectivity index (χ2v) is 8.64. The number of hydrogen-bond acceptors (Lipinski definition) is 7. The average molecular weight is 430 g/mol. The number of carbonyl (C=O) groups excluding carboxylic acids is 1. The van der Waals surface area contributed by atoms with Crippen LogP contribution in [-0.2, 0) is 40.5 Å². The Morgan fingerprint density at radius 2 is 2.19 bits per heavy atom. The highest BCUT2D eigenvalue weighted by Crippen LogP contribution is 2.33. The van der Waals surface area contributed by atoms with Gasteiger partial charge in [-0.1, -0.05) is 5.21 Å². The molecule has 0 radical (unpaired) electrons. The third kappa shape index (κ3) is 4.32. The van der Waals surface area contributed by atoms with Crippen molar-refractivity contribution < 1.29 is 18.7 Å². The van der Waals surface area contributed by atoms with Crippen molar-refractivity contribution in [2.24, 2.45) is 5.92 Å². The van der Waals surface area contributed by atoms with Crippen molar-refractivity contribution in [3.8, 4) is 0 Å². The van der Waals surface area contributed by atoms with E-state index < -0.39 is 0 Å². The number of hydrogen-bond donors (Lipinski definition) is 1. The summed E-state index contributed by atoms with van der Waals surface area (Å²) in [6.45, 7) is 4.73. The SMILES string of the molecule is O=C(NCc1nnn2c1COC1(CCN(Cc3ccncc3F)C1)C2)C1CCOCC1. The lowest BCUT2D eigenvalue weighted by Crippen LogP contribution is -2.44. The molecule has 2 aromatic rings. The highest BCUT2D eigenvalue weighted by molar-refractivity contribution is 5.78. The van der Waals surface area contributed by atoms with E-state index in [9.17, 15) is 9.18 Å². The van der Waals surface area contributed by atoms with Gasteiger partial charge in [0.2, 0.25) is 5.91 Å². The molecule has 0 saturated carbocycles. The lowest BCUT2D eigenvalue weighted by atomic mass is 9.99. The van der Waals surface area contributed by atoms with Crippen molar-refractivity contribution in [1.29, 1.82) is 0 Å². The first-order valence-corrected chi connectivity index (χ1v) is 10.8. The average Bonchev–Trinajstić information content (AvgIpc) is 3.38. The lowest BCUT2D eigenvalue weighted by molar-refractivity contribution is -0.128. The van der Waals surface area contributed by atoms with Gasteiger partial charge in [0.25, 0.3) is 0 Å². The van der Waals surface area contributed by atoms with Crippen LogP contribution in [0, 0.1) is 11.7 Å². The van der Waals surface area contributed by atoms with Gasteiger partial charge in [-0.2, -0.15) is 0 Å². The normalized spacial score (nSPS) is 24.4. The summed E-state index contributed by atoms with van der Waals surface area (Å²) in [7, 11) is 0. The molecule has 0 aromatic carbocycles. The van der Waals surface area contributed by atoms with Crippen LogP contribution in [0.1, 0.15) is 36.2 Å². The summed E-state index contributed by atoms with van der Waals surface area (Å²) in [5.74, 6) is -0.221. The van der Waals surface area contributed by atoms with Gasteiger partial charge < -0.3 is 14.8 Å². The molecular weight excluding hydrogens is 403 g/mol. The van der Waals surface area contributed by atoms with Gasteiger partial charge in [0.15, 0.2) is 0 Å². The van der Waals surface area contributed by atoms with Gasteiger partial charge in [0, 0.05) is 50.5 Å². The Bertz CT molecular complexity index is 947. The zero-order chi connectivity index (χ0) is 21.3. The molecule has 1 amide bonds. The Morgan fingerprint density at radius 3 is 3.03 bits per heavy atom. The van der Waals surface area contributed by atoms with E-state index in [4.69, 9.17) is 9.47 Å². The van der Waals surface area contributed by atoms with Crippen molar-refractivity contribution in [3.63, 3.8) is 0 Å². The second kappa shape index (κ2) is 8.60. The van der Waals surface area contributed by atoms with Gasteiger partial charge in [-0.3, -0.25) is 14.7 Å². The van der Waals surface area contributed by atoms with E-state index in [1.807, 2.05) is 4.68 Å². The highest BCUT2D eigenvalue weighted by Gasteiger charge is 2.43. The van der Waals surface area contributed by atoms with E-state index >= 15 is 0 Å². The molecule has 1 N–H and O–H groups in total. The highest BCUT2D eigenvalue weighted by atomic mass is 19.1. The standard InChI is InChI=1S/C21H27FN6O3/c22-17-9-23-5-1-16(17)11-27-6-4-21(13-27)14-28-19(12-31-21)18(25-26-28)10-24-20(29)15-2-7-30-8-3-15/h1,5,9,15H,2-4,6-8,10-14H2,(H,24,29). The summed E-state index contributed by atoms with van der Waals surface area (Å²) in [6, 6.07) is 1.72. The number of fused-ring (bicyclic) bond motifs is 1. The first-order valence-electron chi connectivity index (χ1n) is 10.8. The second-order valence-electron chi connectivity index (χ2n) is 8.64. The Kier molecular flexibility index (Phi) is 5.68. The number of carbonyl (C=O) groups is 1. The Hall–Kier alpha value is -2.43. The number of nitrogens with zero attached hydrogens (tertiary/aromatic N) is 5. The minimum atomic E-state index is -0.340. The lowest BCUT2D eigenvalue weighted by Gasteiger charge is -2.34. The quantitative estimate of drug-likeness (QED) is 0.757. The summed E-state index contributed by atoms with van der Waals surface area (Å²) in [4.78, 5) is 18.4. The fourth-order valence-corrected chi connectivity index (χ4v) is 4.69. The Balaban J connectivity index is 1.18. The molecule has 1 atom stereocenters. The van der Waals surface area contributed by atoms with E-state index in [0.29, 0.717) is 51.6 Å². The molecule has 5 heterocycles. The number of pyridine rings is 1. The summed E-state index contributed by atoms with van der Waals surface area (Å²) in [5.41, 5.74) is 1.97. The number of halogens is 1. The van der Waals surface area contributed by atoms with Gasteiger partial charge >= 0.3 is 0 Å². The zero-order valence-electron chi connectivity index (χ0n) is 17.4. The smallest absolute Gasteiger partial charge is 0.223 e. The van der Waals surface area contributed by atoms with E-state index in [1.165, 1.54) is 6.20 Å². The third-order valence-corrected chi connectivity index (χ3v) is 6.54. The van der Waals surface area contributed by atoms with Crippen LogP contribution in [0.2, 0.25) is 0 Å². The number of aromatic nitrogens is 4. The summed E-state index contributed by atoms with van der Waals surface area (Å²) >= 11 is 0. The molecule has 166 valence electrons. The van der Waals surface area contributed by atoms with Crippen LogP contribution in [0.3, 0.4) is 0 Å². The van der Waals surface area contributed by atoms with Crippen LogP contribution in [0.4, 0.5) is 4.39 Å². The summed E-state index contributed by atoms with van der Waals surface area (Å²) in [6.07, 6.45) is 5.25. The van der Waals surface area contributed by atoms with Crippen molar-refractivity contribution in [3.05, 3.63) is 41.2 Å². The van der Waals surface area contributed by atoms with E-state index in [2.05, 4.69) is 25.5 Å². The van der Waals surface area contributed by atoms with E-state index in [1.54, 1.807) is 12.3 Å². The van der Waals surface area contributed by atoms with Crippen molar-refractivity contribution in [1.82, 2.24) is 30.2 Å². The number of likely N-dealkylation sites (tertiary alicyclic amines) is 1. The topological polar surface area (TPSA) is 94.4 Å². The predicted molar refractivity (Wildman–Crippen MR) is 107 cm³/mol. The molecule has 3 aliphatic rings. The molecule has 2 fully saturated rings. The maximum Gasteiger partial charge on any atom is 0.223 e. The van der Waals surface area contributed by atoms with Gasteiger partial charge in [0.05, 0.1) is 31.6 Å². The molecule has 1 unspecified atom stereocenters. The molecule has 10 heteroatoms. The molecular formula is C21H27FN6O3. The fraction of sp³-hybridized carbons (Fsp3) is 0.619.